The number of benzene rings is 1. The highest BCUT2D eigenvalue weighted by atomic mass is 19.1. The van der Waals surface area contributed by atoms with E-state index in [-0.39, 0.29) is 17.6 Å². The number of phenolic OH excluding ortho intramolecular Hbond substituents is 1. The second-order valence-corrected chi connectivity index (χ2v) is 2.71. The van der Waals surface area contributed by atoms with Crippen molar-refractivity contribution in [3.63, 3.8) is 0 Å². The average Bonchev–Trinajstić information content (AvgIpc) is 2.08. The van der Waals surface area contributed by atoms with Gasteiger partial charge in [0.2, 0.25) is 0 Å². The number of halogens is 1. The molecule has 66 valence electrons. The van der Waals surface area contributed by atoms with Crippen LogP contribution in [-0.2, 0) is 0 Å². The standard InChI is InChI=1S/C9H12FNO/c1-6(11-2)8-5-7(10)3-4-9(8)12/h3-6,11-12H,1-2H3/t6-/m1/s1. The van der Waals surface area contributed by atoms with Gasteiger partial charge in [0.25, 0.3) is 0 Å². The lowest BCUT2D eigenvalue weighted by Gasteiger charge is -2.11. The quantitative estimate of drug-likeness (QED) is 0.707. The van der Waals surface area contributed by atoms with Crippen LogP contribution in [0.3, 0.4) is 0 Å². The summed E-state index contributed by atoms with van der Waals surface area (Å²) in [5, 5.41) is 12.3. The van der Waals surface area contributed by atoms with E-state index in [2.05, 4.69) is 5.32 Å². The molecule has 2 N–H and O–H groups in total. The van der Waals surface area contributed by atoms with Crippen LogP contribution in [0.1, 0.15) is 18.5 Å². The Labute approximate surface area is 71.0 Å². The summed E-state index contributed by atoms with van der Waals surface area (Å²) in [6.07, 6.45) is 0. The van der Waals surface area contributed by atoms with Crippen LogP contribution >= 0.6 is 0 Å². The largest absolute Gasteiger partial charge is 0.508 e. The number of phenols is 1. The van der Waals surface area contributed by atoms with E-state index in [1.54, 1.807) is 7.05 Å². The summed E-state index contributed by atoms with van der Waals surface area (Å²) in [7, 11) is 1.76. The molecule has 12 heavy (non-hydrogen) atoms. The van der Waals surface area contributed by atoms with Crippen molar-refractivity contribution >= 4 is 0 Å². The van der Waals surface area contributed by atoms with Crippen molar-refractivity contribution in [2.24, 2.45) is 0 Å². The van der Waals surface area contributed by atoms with Crippen LogP contribution < -0.4 is 5.32 Å². The van der Waals surface area contributed by atoms with Gasteiger partial charge in [-0.25, -0.2) is 4.39 Å². The van der Waals surface area contributed by atoms with Crippen molar-refractivity contribution in [1.82, 2.24) is 5.32 Å². The summed E-state index contributed by atoms with van der Waals surface area (Å²) >= 11 is 0. The third kappa shape index (κ3) is 1.74. The SMILES string of the molecule is CN[C@H](C)c1cc(F)ccc1O. The zero-order chi connectivity index (χ0) is 9.14. The van der Waals surface area contributed by atoms with Crippen LogP contribution in [0, 0.1) is 5.82 Å². The Bertz CT molecular complexity index is 275. The van der Waals surface area contributed by atoms with Crippen molar-refractivity contribution < 1.29 is 9.50 Å². The molecule has 3 heteroatoms. The van der Waals surface area contributed by atoms with E-state index in [1.165, 1.54) is 18.2 Å². The molecule has 0 saturated heterocycles. The highest BCUT2D eigenvalue weighted by molar-refractivity contribution is 5.34. The topological polar surface area (TPSA) is 32.3 Å². The Hall–Kier alpha value is -1.09. The molecule has 0 heterocycles. The molecule has 0 unspecified atom stereocenters. The molecule has 0 fully saturated rings. The predicted molar refractivity (Wildman–Crippen MR) is 45.5 cm³/mol. The molecule has 1 atom stereocenters. The molecule has 0 bridgehead atoms. The molecule has 0 aromatic heterocycles. The Morgan fingerprint density at radius 3 is 2.75 bits per heavy atom. The van der Waals surface area contributed by atoms with Gasteiger partial charge < -0.3 is 10.4 Å². The molecule has 0 radical (unpaired) electrons. The first-order chi connectivity index (χ1) is 5.65. The third-order valence-electron chi connectivity index (χ3n) is 1.89. The fraction of sp³-hybridized carbons (Fsp3) is 0.333. The molecule has 1 aromatic rings. The summed E-state index contributed by atoms with van der Waals surface area (Å²) in [4.78, 5) is 0. The first-order valence-corrected chi connectivity index (χ1v) is 3.81. The van der Waals surface area contributed by atoms with Gasteiger partial charge in [0.05, 0.1) is 0 Å². The molecular formula is C9H12FNO. The molecule has 0 spiro atoms. The van der Waals surface area contributed by atoms with Crippen molar-refractivity contribution in [3.8, 4) is 5.75 Å². The zero-order valence-corrected chi connectivity index (χ0v) is 7.13. The van der Waals surface area contributed by atoms with E-state index in [0.717, 1.165) is 0 Å². The van der Waals surface area contributed by atoms with Crippen LogP contribution in [0.2, 0.25) is 0 Å². The number of aromatic hydroxyl groups is 1. The molecule has 0 aliphatic rings. The number of hydrogen-bond donors (Lipinski definition) is 2. The minimum absolute atomic E-state index is 0.0410. The molecule has 0 aliphatic carbocycles. The van der Waals surface area contributed by atoms with Crippen LogP contribution in [0.25, 0.3) is 0 Å². The summed E-state index contributed by atoms with van der Waals surface area (Å²) in [5.41, 5.74) is 0.581. The van der Waals surface area contributed by atoms with Gasteiger partial charge in [-0.15, -0.1) is 0 Å². The van der Waals surface area contributed by atoms with E-state index < -0.39 is 0 Å². The maximum absolute atomic E-state index is 12.7. The van der Waals surface area contributed by atoms with E-state index in [0.29, 0.717) is 5.56 Å². The summed E-state index contributed by atoms with van der Waals surface area (Å²) in [6, 6.07) is 3.89. The van der Waals surface area contributed by atoms with Gasteiger partial charge in [-0.1, -0.05) is 0 Å². The predicted octanol–water partition coefficient (Wildman–Crippen LogP) is 1.81. The summed E-state index contributed by atoms with van der Waals surface area (Å²) < 4.78 is 12.7. The number of rotatable bonds is 2. The first-order valence-electron chi connectivity index (χ1n) is 3.81. The Kier molecular flexibility index (Phi) is 2.65. The van der Waals surface area contributed by atoms with Gasteiger partial charge in [0.1, 0.15) is 11.6 Å². The normalized spacial score (nSPS) is 12.9. The van der Waals surface area contributed by atoms with Gasteiger partial charge in [0, 0.05) is 11.6 Å². The first kappa shape index (κ1) is 9.00. The van der Waals surface area contributed by atoms with E-state index in [4.69, 9.17) is 0 Å². The molecule has 1 aromatic carbocycles. The Morgan fingerprint density at radius 2 is 2.17 bits per heavy atom. The average molecular weight is 169 g/mol. The highest BCUT2D eigenvalue weighted by Crippen LogP contribution is 2.23. The van der Waals surface area contributed by atoms with Gasteiger partial charge >= 0.3 is 0 Å². The molecule has 0 saturated carbocycles. The molecule has 0 amide bonds. The highest BCUT2D eigenvalue weighted by Gasteiger charge is 2.08. The second kappa shape index (κ2) is 3.54. The lowest BCUT2D eigenvalue weighted by molar-refractivity contribution is 0.454. The molecule has 1 rings (SSSR count). The van der Waals surface area contributed by atoms with Gasteiger partial charge in [0.15, 0.2) is 0 Å². The third-order valence-corrected chi connectivity index (χ3v) is 1.89. The van der Waals surface area contributed by atoms with Crippen LogP contribution in [0.15, 0.2) is 18.2 Å². The fourth-order valence-corrected chi connectivity index (χ4v) is 1.03. The molecule has 2 nitrogen and oxygen atoms in total. The van der Waals surface area contributed by atoms with Crippen LogP contribution in [0.5, 0.6) is 5.75 Å². The Morgan fingerprint density at radius 1 is 1.50 bits per heavy atom. The van der Waals surface area contributed by atoms with Gasteiger partial charge in [-0.3, -0.25) is 0 Å². The Balaban J connectivity index is 3.04. The fourth-order valence-electron chi connectivity index (χ4n) is 1.03. The lowest BCUT2D eigenvalue weighted by Crippen LogP contribution is -2.12. The maximum Gasteiger partial charge on any atom is 0.123 e. The van der Waals surface area contributed by atoms with Crippen LogP contribution in [-0.4, -0.2) is 12.2 Å². The van der Waals surface area contributed by atoms with Crippen molar-refractivity contribution in [3.05, 3.63) is 29.6 Å². The van der Waals surface area contributed by atoms with Gasteiger partial charge in [-0.05, 0) is 32.2 Å². The maximum atomic E-state index is 12.7. The lowest BCUT2D eigenvalue weighted by atomic mass is 10.1. The molecular weight excluding hydrogens is 157 g/mol. The smallest absolute Gasteiger partial charge is 0.123 e. The number of nitrogens with one attached hydrogen (secondary N) is 1. The minimum Gasteiger partial charge on any atom is -0.508 e. The van der Waals surface area contributed by atoms with Crippen molar-refractivity contribution in [1.29, 1.82) is 0 Å². The van der Waals surface area contributed by atoms with E-state index in [1.807, 2.05) is 6.92 Å². The van der Waals surface area contributed by atoms with E-state index >= 15 is 0 Å². The zero-order valence-electron chi connectivity index (χ0n) is 7.13. The number of hydrogen-bond acceptors (Lipinski definition) is 2. The van der Waals surface area contributed by atoms with Crippen molar-refractivity contribution in [2.75, 3.05) is 7.05 Å². The molecule has 0 aliphatic heterocycles. The monoisotopic (exact) mass is 169 g/mol. The minimum atomic E-state index is -0.329. The van der Waals surface area contributed by atoms with Crippen LogP contribution in [0.4, 0.5) is 4.39 Å². The summed E-state index contributed by atoms with van der Waals surface area (Å²) in [6.45, 7) is 1.86. The van der Waals surface area contributed by atoms with E-state index in [9.17, 15) is 9.50 Å². The van der Waals surface area contributed by atoms with Crippen molar-refractivity contribution in [2.45, 2.75) is 13.0 Å². The van der Waals surface area contributed by atoms with Gasteiger partial charge in [-0.2, -0.15) is 0 Å². The second-order valence-electron chi connectivity index (χ2n) is 2.71. The summed E-state index contributed by atoms with van der Waals surface area (Å²) in [5.74, 6) is -0.205.